The minimum atomic E-state index is 0.795. The molecule has 0 fully saturated rings. The van der Waals surface area contributed by atoms with Crippen molar-refractivity contribution in [3.8, 4) is 11.1 Å². The van der Waals surface area contributed by atoms with Gasteiger partial charge in [0, 0.05) is 18.3 Å². The van der Waals surface area contributed by atoms with Crippen LogP contribution in [0.3, 0.4) is 0 Å². The summed E-state index contributed by atoms with van der Waals surface area (Å²) in [6.45, 7) is 5.08. The van der Waals surface area contributed by atoms with Gasteiger partial charge in [-0.2, -0.15) is 0 Å². The lowest BCUT2D eigenvalue weighted by Gasteiger charge is -2.10. The van der Waals surface area contributed by atoms with E-state index in [1.165, 1.54) is 22.3 Å². The van der Waals surface area contributed by atoms with E-state index in [0.717, 1.165) is 12.2 Å². The Morgan fingerprint density at radius 3 is 2.65 bits per heavy atom. The average molecular weight is 226 g/mol. The first-order valence-electron chi connectivity index (χ1n) is 5.88. The molecule has 0 spiro atoms. The Kier molecular flexibility index (Phi) is 3.55. The van der Waals surface area contributed by atoms with Gasteiger partial charge in [-0.25, -0.2) is 0 Å². The van der Waals surface area contributed by atoms with Crippen molar-refractivity contribution in [2.45, 2.75) is 20.4 Å². The fraction of sp³-hybridized carbons (Fsp3) is 0.267. The quantitative estimate of drug-likeness (QED) is 0.870. The van der Waals surface area contributed by atoms with Gasteiger partial charge in [-0.05, 0) is 43.7 Å². The maximum atomic E-state index is 4.43. The highest BCUT2D eigenvalue weighted by molar-refractivity contribution is 5.67. The summed E-state index contributed by atoms with van der Waals surface area (Å²) in [6, 6.07) is 10.7. The number of hydrogen-bond acceptors (Lipinski definition) is 2. The molecule has 0 radical (unpaired) electrons. The molecule has 0 amide bonds. The van der Waals surface area contributed by atoms with E-state index >= 15 is 0 Å². The molecule has 0 aliphatic heterocycles. The molecule has 88 valence electrons. The second kappa shape index (κ2) is 5.11. The van der Waals surface area contributed by atoms with Gasteiger partial charge in [0.05, 0.1) is 5.69 Å². The molecule has 2 nitrogen and oxygen atoms in total. The molecule has 0 atom stereocenters. The summed E-state index contributed by atoms with van der Waals surface area (Å²) in [5.74, 6) is 0. The number of aromatic nitrogens is 1. The van der Waals surface area contributed by atoms with Gasteiger partial charge in [0.25, 0.3) is 0 Å². The van der Waals surface area contributed by atoms with Crippen molar-refractivity contribution in [3.05, 3.63) is 53.3 Å². The number of benzene rings is 1. The highest BCUT2D eigenvalue weighted by Gasteiger charge is 2.05. The lowest BCUT2D eigenvalue weighted by atomic mass is 9.99. The standard InChI is InChI=1S/C15H18N2/c1-11-6-7-13(9-12(11)2)14-5-4-8-17-15(14)10-16-3/h4-9,16H,10H2,1-3H3. The van der Waals surface area contributed by atoms with Crippen LogP contribution in [0.5, 0.6) is 0 Å². The Hall–Kier alpha value is -1.67. The Morgan fingerprint density at radius 2 is 1.94 bits per heavy atom. The molecule has 2 aromatic rings. The van der Waals surface area contributed by atoms with E-state index in [0.29, 0.717) is 0 Å². The smallest absolute Gasteiger partial charge is 0.0619 e. The SMILES string of the molecule is CNCc1ncccc1-c1ccc(C)c(C)c1. The molecular formula is C15H18N2. The van der Waals surface area contributed by atoms with Crippen molar-refractivity contribution in [1.82, 2.24) is 10.3 Å². The highest BCUT2D eigenvalue weighted by Crippen LogP contribution is 2.24. The van der Waals surface area contributed by atoms with Crippen molar-refractivity contribution in [2.75, 3.05) is 7.05 Å². The largest absolute Gasteiger partial charge is 0.314 e. The van der Waals surface area contributed by atoms with Gasteiger partial charge < -0.3 is 5.32 Å². The molecule has 2 heteroatoms. The molecule has 1 aromatic carbocycles. The van der Waals surface area contributed by atoms with E-state index < -0.39 is 0 Å². The predicted molar refractivity (Wildman–Crippen MR) is 71.9 cm³/mol. The number of pyridine rings is 1. The molecule has 1 heterocycles. The van der Waals surface area contributed by atoms with E-state index in [4.69, 9.17) is 0 Å². The minimum absolute atomic E-state index is 0.795. The van der Waals surface area contributed by atoms with Crippen LogP contribution in [0.15, 0.2) is 36.5 Å². The molecular weight excluding hydrogens is 208 g/mol. The van der Waals surface area contributed by atoms with Crippen LogP contribution in [0, 0.1) is 13.8 Å². The summed E-state index contributed by atoms with van der Waals surface area (Å²) >= 11 is 0. The van der Waals surface area contributed by atoms with Gasteiger partial charge in [-0.3, -0.25) is 4.98 Å². The maximum Gasteiger partial charge on any atom is 0.0619 e. The summed E-state index contributed by atoms with van der Waals surface area (Å²) in [4.78, 5) is 4.43. The third kappa shape index (κ3) is 2.53. The molecule has 0 unspecified atom stereocenters. The van der Waals surface area contributed by atoms with Crippen LogP contribution in [-0.4, -0.2) is 12.0 Å². The lowest BCUT2D eigenvalue weighted by molar-refractivity contribution is 0.793. The molecule has 1 aromatic heterocycles. The summed E-state index contributed by atoms with van der Waals surface area (Å²) in [6.07, 6.45) is 1.84. The van der Waals surface area contributed by atoms with Crippen LogP contribution in [-0.2, 0) is 6.54 Å². The first kappa shape index (κ1) is 11.8. The molecule has 0 saturated heterocycles. The first-order valence-corrected chi connectivity index (χ1v) is 5.88. The topological polar surface area (TPSA) is 24.9 Å². The van der Waals surface area contributed by atoms with E-state index in [9.17, 15) is 0 Å². The average Bonchev–Trinajstić information content (AvgIpc) is 2.34. The third-order valence-electron chi connectivity index (χ3n) is 3.05. The third-order valence-corrected chi connectivity index (χ3v) is 3.05. The van der Waals surface area contributed by atoms with Crippen molar-refractivity contribution in [1.29, 1.82) is 0 Å². The zero-order chi connectivity index (χ0) is 12.3. The van der Waals surface area contributed by atoms with Gasteiger partial charge in [0.2, 0.25) is 0 Å². The van der Waals surface area contributed by atoms with Crippen LogP contribution in [0.25, 0.3) is 11.1 Å². The Balaban J connectivity index is 2.48. The van der Waals surface area contributed by atoms with Crippen LogP contribution < -0.4 is 5.32 Å². The van der Waals surface area contributed by atoms with Gasteiger partial charge >= 0.3 is 0 Å². The summed E-state index contributed by atoms with van der Waals surface area (Å²) in [5.41, 5.74) is 6.20. The predicted octanol–water partition coefficient (Wildman–Crippen LogP) is 3.08. The number of nitrogens with zero attached hydrogens (tertiary/aromatic N) is 1. The number of rotatable bonds is 3. The summed E-state index contributed by atoms with van der Waals surface area (Å²) < 4.78 is 0. The zero-order valence-electron chi connectivity index (χ0n) is 10.6. The van der Waals surface area contributed by atoms with Crippen LogP contribution >= 0.6 is 0 Å². The van der Waals surface area contributed by atoms with Crippen molar-refractivity contribution >= 4 is 0 Å². The van der Waals surface area contributed by atoms with Gasteiger partial charge in [0.1, 0.15) is 0 Å². The van der Waals surface area contributed by atoms with Crippen LogP contribution in [0.2, 0.25) is 0 Å². The number of hydrogen-bond donors (Lipinski definition) is 1. The molecule has 1 N–H and O–H groups in total. The number of aryl methyl sites for hydroxylation is 2. The Labute approximate surface area is 103 Å². The van der Waals surface area contributed by atoms with E-state index in [-0.39, 0.29) is 0 Å². The highest BCUT2D eigenvalue weighted by atomic mass is 14.8. The van der Waals surface area contributed by atoms with Gasteiger partial charge in [-0.15, -0.1) is 0 Å². The van der Waals surface area contributed by atoms with Gasteiger partial charge in [-0.1, -0.05) is 24.3 Å². The van der Waals surface area contributed by atoms with E-state index in [2.05, 4.69) is 48.4 Å². The van der Waals surface area contributed by atoms with E-state index in [1.807, 2.05) is 19.3 Å². The van der Waals surface area contributed by atoms with Crippen LogP contribution in [0.4, 0.5) is 0 Å². The minimum Gasteiger partial charge on any atom is -0.314 e. The van der Waals surface area contributed by atoms with Crippen LogP contribution in [0.1, 0.15) is 16.8 Å². The molecule has 0 aliphatic rings. The molecule has 0 saturated carbocycles. The van der Waals surface area contributed by atoms with Crippen molar-refractivity contribution in [3.63, 3.8) is 0 Å². The Bertz CT molecular complexity index is 518. The monoisotopic (exact) mass is 226 g/mol. The van der Waals surface area contributed by atoms with Crippen molar-refractivity contribution in [2.24, 2.45) is 0 Å². The fourth-order valence-electron chi connectivity index (χ4n) is 1.92. The fourth-order valence-corrected chi connectivity index (χ4v) is 1.92. The zero-order valence-corrected chi connectivity index (χ0v) is 10.6. The second-order valence-electron chi connectivity index (χ2n) is 4.33. The lowest BCUT2D eigenvalue weighted by Crippen LogP contribution is -2.08. The Morgan fingerprint density at radius 1 is 1.12 bits per heavy atom. The second-order valence-corrected chi connectivity index (χ2v) is 4.33. The maximum absolute atomic E-state index is 4.43. The van der Waals surface area contributed by atoms with E-state index in [1.54, 1.807) is 0 Å². The molecule has 2 rings (SSSR count). The molecule has 17 heavy (non-hydrogen) atoms. The first-order chi connectivity index (χ1) is 8.22. The molecule has 0 aliphatic carbocycles. The summed E-state index contributed by atoms with van der Waals surface area (Å²) in [5, 5.41) is 3.16. The van der Waals surface area contributed by atoms with Crippen molar-refractivity contribution < 1.29 is 0 Å². The molecule has 0 bridgehead atoms. The summed E-state index contributed by atoms with van der Waals surface area (Å²) in [7, 11) is 1.94. The van der Waals surface area contributed by atoms with Gasteiger partial charge in [0.15, 0.2) is 0 Å². The number of nitrogens with one attached hydrogen (secondary N) is 1. The normalized spacial score (nSPS) is 10.5.